The van der Waals surface area contributed by atoms with Crippen molar-refractivity contribution in [1.82, 2.24) is 10.1 Å². The average molecular weight is 234 g/mol. The zero-order valence-corrected chi connectivity index (χ0v) is 10.3. The number of nitrogens with zero attached hydrogens (tertiary/aromatic N) is 2. The molecule has 2 aromatic rings. The Morgan fingerprint density at radius 2 is 2.25 bits per heavy atom. The summed E-state index contributed by atoms with van der Waals surface area (Å²) in [5.74, 6) is 1.09. The van der Waals surface area contributed by atoms with Gasteiger partial charge in [-0.25, -0.2) is 4.98 Å². The Labute approximate surface area is 98.5 Å². The Kier molecular flexibility index (Phi) is 2.32. The standard InChI is InChI=1S/C12H14N2OS/c1-7(2)10-6-16-12(13-10)9-5-15-14-11(9)8-3-4-8/h5-8H,3-4H2,1-2H3. The van der Waals surface area contributed by atoms with Crippen LogP contribution in [0.1, 0.15) is 49.9 Å². The molecule has 0 aliphatic heterocycles. The van der Waals surface area contributed by atoms with E-state index in [0.717, 1.165) is 22.0 Å². The highest BCUT2D eigenvalue weighted by molar-refractivity contribution is 7.13. The summed E-state index contributed by atoms with van der Waals surface area (Å²) in [6.45, 7) is 4.32. The first-order chi connectivity index (χ1) is 7.75. The molecule has 1 fully saturated rings. The number of aromatic nitrogens is 2. The van der Waals surface area contributed by atoms with Gasteiger partial charge in [0, 0.05) is 11.3 Å². The second kappa shape index (κ2) is 3.70. The zero-order valence-electron chi connectivity index (χ0n) is 9.43. The third kappa shape index (κ3) is 1.67. The van der Waals surface area contributed by atoms with Gasteiger partial charge in [-0.05, 0) is 18.8 Å². The Balaban J connectivity index is 1.97. The van der Waals surface area contributed by atoms with Crippen LogP contribution in [0.5, 0.6) is 0 Å². The largest absolute Gasteiger partial charge is 0.364 e. The lowest BCUT2D eigenvalue weighted by Crippen LogP contribution is -1.88. The fourth-order valence-corrected chi connectivity index (χ4v) is 2.73. The van der Waals surface area contributed by atoms with Gasteiger partial charge in [-0.15, -0.1) is 11.3 Å². The number of hydrogen-bond acceptors (Lipinski definition) is 4. The van der Waals surface area contributed by atoms with Crippen LogP contribution in [0, 0.1) is 0 Å². The second-order valence-corrected chi connectivity index (χ2v) is 5.48. The summed E-state index contributed by atoms with van der Waals surface area (Å²) in [6, 6.07) is 0. The molecule has 3 nitrogen and oxygen atoms in total. The van der Waals surface area contributed by atoms with E-state index in [1.54, 1.807) is 17.6 Å². The molecule has 0 N–H and O–H groups in total. The molecule has 1 aliphatic carbocycles. The van der Waals surface area contributed by atoms with Gasteiger partial charge in [-0.1, -0.05) is 19.0 Å². The van der Waals surface area contributed by atoms with Crippen molar-refractivity contribution in [2.24, 2.45) is 0 Å². The van der Waals surface area contributed by atoms with Crippen molar-refractivity contribution in [3.05, 3.63) is 23.0 Å². The SMILES string of the molecule is CC(C)c1csc(-c2conc2C2CC2)n1. The predicted octanol–water partition coefficient (Wildman–Crippen LogP) is 3.80. The van der Waals surface area contributed by atoms with Gasteiger partial charge in [0.05, 0.1) is 17.0 Å². The van der Waals surface area contributed by atoms with E-state index in [4.69, 9.17) is 4.52 Å². The molecule has 84 valence electrons. The van der Waals surface area contributed by atoms with Crippen LogP contribution in [0.25, 0.3) is 10.6 Å². The van der Waals surface area contributed by atoms with Gasteiger partial charge in [-0.2, -0.15) is 0 Å². The molecule has 0 bridgehead atoms. The summed E-state index contributed by atoms with van der Waals surface area (Å²) in [5.41, 5.74) is 3.35. The molecule has 2 aromatic heterocycles. The van der Waals surface area contributed by atoms with Crippen LogP contribution in [0.15, 0.2) is 16.2 Å². The maximum Gasteiger partial charge on any atom is 0.134 e. The summed E-state index contributed by atoms with van der Waals surface area (Å²) in [7, 11) is 0. The highest BCUT2D eigenvalue weighted by atomic mass is 32.1. The smallest absolute Gasteiger partial charge is 0.134 e. The lowest BCUT2D eigenvalue weighted by molar-refractivity contribution is 0.412. The minimum Gasteiger partial charge on any atom is -0.364 e. The van der Waals surface area contributed by atoms with E-state index < -0.39 is 0 Å². The fraction of sp³-hybridized carbons (Fsp3) is 0.500. The number of rotatable bonds is 3. The van der Waals surface area contributed by atoms with Gasteiger partial charge in [0.25, 0.3) is 0 Å². The molecular formula is C12H14N2OS. The van der Waals surface area contributed by atoms with Gasteiger partial charge in [-0.3, -0.25) is 0 Å². The van der Waals surface area contributed by atoms with Crippen molar-refractivity contribution in [1.29, 1.82) is 0 Å². The molecule has 0 saturated heterocycles. The Morgan fingerprint density at radius 3 is 2.88 bits per heavy atom. The molecule has 4 heteroatoms. The highest BCUT2D eigenvalue weighted by Gasteiger charge is 2.30. The third-order valence-corrected chi connectivity index (χ3v) is 3.80. The fourth-order valence-electron chi connectivity index (χ4n) is 1.73. The molecule has 0 radical (unpaired) electrons. The van der Waals surface area contributed by atoms with E-state index in [2.05, 4.69) is 29.4 Å². The van der Waals surface area contributed by atoms with Gasteiger partial charge in [0.15, 0.2) is 0 Å². The second-order valence-electron chi connectivity index (χ2n) is 4.62. The van der Waals surface area contributed by atoms with E-state index in [-0.39, 0.29) is 0 Å². The van der Waals surface area contributed by atoms with Crippen LogP contribution in [0.2, 0.25) is 0 Å². The van der Waals surface area contributed by atoms with E-state index >= 15 is 0 Å². The molecule has 1 saturated carbocycles. The van der Waals surface area contributed by atoms with Crippen LogP contribution in [-0.4, -0.2) is 10.1 Å². The Morgan fingerprint density at radius 1 is 1.44 bits per heavy atom. The maximum atomic E-state index is 5.09. The van der Waals surface area contributed by atoms with E-state index in [1.165, 1.54) is 12.8 Å². The van der Waals surface area contributed by atoms with Gasteiger partial charge >= 0.3 is 0 Å². The molecule has 0 atom stereocenters. The first kappa shape index (κ1) is 10.0. The first-order valence-corrected chi connectivity index (χ1v) is 6.53. The first-order valence-electron chi connectivity index (χ1n) is 5.65. The van der Waals surface area contributed by atoms with Crippen LogP contribution in [0.3, 0.4) is 0 Å². The minimum atomic E-state index is 0.481. The zero-order chi connectivity index (χ0) is 11.1. The number of hydrogen-bond donors (Lipinski definition) is 0. The molecular weight excluding hydrogens is 220 g/mol. The molecule has 0 unspecified atom stereocenters. The molecule has 0 spiro atoms. The van der Waals surface area contributed by atoms with E-state index in [0.29, 0.717) is 11.8 Å². The predicted molar refractivity (Wildman–Crippen MR) is 63.7 cm³/mol. The molecule has 0 amide bonds. The van der Waals surface area contributed by atoms with Gasteiger partial charge in [0.2, 0.25) is 0 Å². The van der Waals surface area contributed by atoms with Crippen molar-refractivity contribution in [3.63, 3.8) is 0 Å². The topological polar surface area (TPSA) is 38.9 Å². The lowest BCUT2D eigenvalue weighted by atomic mass is 10.1. The summed E-state index contributed by atoms with van der Waals surface area (Å²) in [6.07, 6.45) is 4.21. The van der Waals surface area contributed by atoms with Crippen LogP contribution in [-0.2, 0) is 0 Å². The van der Waals surface area contributed by atoms with Crippen LogP contribution in [0.4, 0.5) is 0 Å². The Bertz CT molecular complexity index is 497. The van der Waals surface area contributed by atoms with Crippen molar-refractivity contribution in [3.8, 4) is 10.6 Å². The van der Waals surface area contributed by atoms with Crippen molar-refractivity contribution in [2.45, 2.75) is 38.5 Å². The molecule has 2 heterocycles. The quantitative estimate of drug-likeness (QED) is 0.810. The summed E-state index contributed by atoms with van der Waals surface area (Å²) >= 11 is 1.68. The normalized spacial score (nSPS) is 15.9. The minimum absolute atomic E-state index is 0.481. The van der Waals surface area contributed by atoms with Gasteiger partial charge in [0.1, 0.15) is 11.3 Å². The van der Waals surface area contributed by atoms with Crippen molar-refractivity contribution >= 4 is 11.3 Å². The van der Waals surface area contributed by atoms with Crippen LogP contribution < -0.4 is 0 Å². The molecule has 0 aromatic carbocycles. The number of thiazole rings is 1. The average Bonchev–Trinajstić information content (AvgIpc) is 2.83. The summed E-state index contributed by atoms with van der Waals surface area (Å²) < 4.78 is 5.09. The van der Waals surface area contributed by atoms with E-state index in [9.17, 15) is 0 Å². The molecule has 3 rings (SSSR count). The third-order valence-electron chi connectivity index (χ3n) is 2.91. The van der Waals surface area contributed by atoms with E-state index in [1.807, 2.05) is 0 Å². The van der Waals surface area contributed by atoms with Crippen molar-refractivity contribution in [2.75, 3.05) is 0 Å². The summed E-state index contributed by atoms with van der Waals surface area (Å²) in [5, 5.41) is 7.28. The maximum absolute atomic E-state index is 5.09. The molecule has 16 heavy (non-hydrogen) atoms. The lowest BCUT2D eigenvalue weighted by Gasteiger charge is -1.97. The van der Waals surface area contributed by atoms with Gasteiger partial charge < -0.3 is 4.52 Å². The monoisotopic (exact) mass is 234 g/mol. The molecule has 1 aliphatic rings. The summed E-state index contributed by atoms with van der Waals surface area (Å²) in [4.78, 5) is 4.64. The Hall–Kier alpha value is -1.16. The van der Waals surface area contributed by atoms with Crippen molar-refractivity contribution < 1.29 is 4.52 Å². The highest BCUT2D eigenvalue weighted by Crippen LogP contribution is 2.44. The van der Waals surface area contributed by atoms with Crippen LogP contribution >= 0.6 is 11.3 Å².